The Kier molecular flexibility index (Phi) is 4.95. The van der Waals surface area contributed by atoms with Gasteiger partial charge in [-0.25, -0.2) is 0 Å². The van der Waals surface area contributed by atoms with Crippen molar-refractivity contribution < 1.29 is 15.0 Å². The molecule has 0 aromatic heterocycles. The normalized spacial score (nSPS) is 14.1. The zero-order valence-electron chi connectivity index (χ0n) is 10.3. The first kappa shape index (κ1) is 14.8. The van der Waals surface area contributed by atoms with Gasteiger partial charge in [0.05, 0.1) is 0 Å². The van der Waals surface area contributed by atoms with Crippen molar-refractivity contribution in [2.24, 2.45) is 0 Å². The molecule has 100 valence electrons. The number of anilines is 1. The summed E-state index contributed by atoms with van der Waals surface area (Å²) in [6.45, 7) is 3.07. The summed E-state index contributed by atoms with van der Waals surface area (Å²) in [6, 6.07) is 3.15. The molecule has 0 aliphatic heterocycles. The molecule has 1 aromatic carbocycles. The number of aryl methyl sites for hydroxylation is 1. The number of aliphatic hydroxyl groups is 2. The second-order valence-electron chi connectivity index (χ2n) is 4.18. The Bertz CT molecular complexity index is 451. The van der Waals surface area contributed by atoms with Crippen LogP contribution in [0.4, 0.5) is 5.69 Å². The van der Waals surface area contributed by atoms with E-state index in [1.165, 1.54) is 13.0 Å². The van der Waals surface area contributed by atoms with Gasteiger partial charge < -0.3 is 21.3 Å². The van der Waals surface area contributed by atoms with Gasteiger partial charge in [0.15, 0.2) is 0 Å². The van der Waals surface area contributed by atoms with Crippen LogP contribution in [0.25, 0.3) is 0 Å². The standard InChI is InChI=1S/C12H17ClN2O3/c1-6-3-8(9(13)4-10(6)14)12(18)11(17)5-15-7(2)16/h3-4,11-12,17-18H,5,14H2,1-2H3,(H,15,16). The van der Waals surface area contributed by atoms with E-state index < -0.39 is 12.2 Å². The average molecular weight is 273 g/mol. The van der Waals surface area contributed by atoms with Gasteiger partial charge in [-0.3, -0.25) is 4.79 Å². The molecule has 1 amide bonds. The lowest BCUT2D eigenvalue weighted by Gasteiger charge is -2.20. The summed E-state index contributed by atoms with van der Waals surface area (Å²) in [5.74, 6) is -0.277. The number of carbonyl (C=O) groups is 1. The average Bonchev–Trinajstić information content (AvgIpc) is 2.29. The Hall–Kier alpha value is -1.30. The van der Waals surface area contributed by atoms with E-state index in [9.17, 15) is 15.0 Å². The van der Waals surface area contributed by atoms with Crippen LogP contribution in [0.15, 0.2) is 12.1 Å². The fraction of sp³-hybridized carbons (Fsp3) is 0.417. The predicted molar refractivity (Wildman–Crippen MR) is 70.3 cm³/mol. The second-order valence-corrected chi connectivity index (χ2v) is 4.59. The lowest BCUT2D eigenvalue weighted by Crippen LogP contribution is -2.34. The number of nitrogen functional groups attached to an aromatic ring is 1. The molecule has 18 heavy (non-hydrogen) atoms. The van der Waals surface area contributed by atoms with E-state index in [1.54, 1.807) is 13.0 Å². The topological polar surface area (TPSA) is 95.6 Å². The maximum Gasteiger partial charge on any atom is 0.216 e. The molecule has 0 spiro atoms. The number of benzene rings is 1. The number of halogens is 1. The molecule has 0 aliphatic rings. The molecule has 2 unspecified atom stereocenters. The number of aliphatic hydroxyl groups excluding tert-OH is 2. The van der Waals surface area contributed by atoms with Gasteiger partial charge >= 0.3 is 0 Å². The molecule has 2 atom stereocenters. The minimum absolute atomic E-state index is 0.0454. The highest BCUT2D eigenvalue weighted by Crippen LogP contribution is 2.29. The van der Waals surface area contributed by atoms with Gasteiger partial charge in [0.1, 0.15) is 12.2 Å². The summed E-state index contributed by atoms with van der Waals surface area (Å²) >= 11 is 5.96. The van der Waals surface area contributed by atoms with E-state index in [0.29, 0.717) is 11.3 Å². The van der Waals surface area contributed by atoms with Crippen LogP contribution in [-0.4, -0.2) is 28.8 Å². The molecule has 0 heterocycles. The quantitative estimate of drug-likeness (QED) is 0.609. The van der Waals surface area contributed by atoms with Crippen LogP contribution < -0.4 is 11.1 Å². The first-order chi connectivity index (χ1) is 8.32. The van der Waals surface area contributed by atoms with Crippen molar-refractivity contribution in [2.75, 3.05) is 12.3 Å². The number of hydrogen-bond donors (Lipinski definition) is 4. The molecule has 5 nitrogen and oxygen atoms in total. The predicted octanol–water partition coefficient (Wildman–Crippen LogP) is 0.761. The van der Waals surface area contributed by atoms with Crippen molar-refractivity contribution in [3.8, 4) is 0 Å². The molecule has 1 aromatic rings. The largest absolute Gasteiger partial charge is 0.398 e. The highest BCUT2D eigenvalue weighted by molar-refractivity contribution is 6.31. The van der Waals surface area contributed by atoms with Crippen molar-refractivity contribution in [1.29, 1.82) is 0 Å². The third-order valence-corrected chi connectivity index (χ3v) is 2.96. The van der Waals surface area contributed by atoms with Crippen molar-refractivity contribution in [3.05, 3.63) is 28.3 Å². The van der Waals surface area contributed by atoms with E-state index in [2.05, 4.69) is 5.32 Å². The highest BCUT2D eigenvalue weighted by Gasteiger charge is 2.21. The molecular weight excluding hydrogens is 256 g/mol. The Morgan fingerprint density at radius 3 is 2.67 bits per heavy atom. The number of rotatable bonds is 4. The van der Waals surface area contributed by atoms with Crippen LogP contribution >= 0.6 is 11.6 Å². The Balaban J connectivity index is 2.86. The summed E-state index contributed by atoms with van der Waals surface area (Å²) in [5.41, 5.74) is 7.35. The van der Waals surface area contributed by atoms with Gasteiger partial charge in [-0.15, -0.1) is 0 Å². The summed E-state index contributed by atoms with van der Waals surface area (Å²) in [6.07, 6.45) is -2.31. The fourth-order valence-corrected chi connectivity index (χ4v) is 1.80. The molecular formula is C12H17ClN2O3. The fourth-order valence-electron chi connectivity index (χ4n) is 1.51. The number of nitrogens with one attached hydrogen (secondary N) is 1. The maximum absolute atomic E-state index is 10.7. The molecule has 0 aliphatic carbocycles. The summed E-state index contributed by atoms with van der Waals surface area (Å²) < 4.78 is 0. The van der Waals surface area contributed by atoms with Crippen LogP contribution in [0.2, 0.25) is 5.02 Å². The third kappa shape index (κ3) is 3.60. The number of hydrogen-bond acceptors (Lipinski definition) is 4. The Morgan fingerprint density at radius 1 is 1.50 bits per heavy atom. The monoisotopic (exact) mass is 272 g/mol. The van der Waals surface area contributed by atoms with Gasteiger partial charge in [-0.05, 0) is 24.6 Å². The molecule has 0 fully saturated rings. The van der Waals surface area contributed by atoms with Crippen LogP contribution in [0.5, 0.6) is 0 Å². The smallest absolute Gasteiger partial charge is 0.216 e. The van der Waals surface area contributed by atoms with E-state index in [1.807, 2.05) is 0 Å². The van der Waals surface area contributed by atoms with Crippen LogP contribution in [-0.2, 0) is 4.79 Å². The van der Waals surface area contributed by atoms with Gasteiger partial charge in [0.2, 0.25) is 5.91 Å². The maximum atomic E-state index is 10.7. The Labute approximate surface area is 111 Å². The molecule has 0 bridgehead atoms. The Morgan fingerprint density at radius 2 is 2.11 bits per heavy atom. The second kappa shape index (κ2) is 6.04. The van der Waals surface area contributed by atoms with Gasteiger partial charge in [0.25, 0.3) is 0 Å². The van der Waals surface area contributed by atoms with Gasteiger partial charge in [-0.1, -0.05) is 11.6 Å². The lowest BCUT2D eigenvalue weighted by atomic mass is 10.0. The van der Waals surface area contributed by atoms with Crippen molar-refractivity contribution in [1.82, 2.24) is 5.32 Å². The van der Waals surface area contributed by atoms with Crippen LogP contribution in [0, 0.1) is 6.92 Å². The number of carbonyl (C=O) groups excluding carboxylic acids is 1. The minimum atomic E-state index is -1.18. The third-order valence-electron chi connectivity index (χ3n) is 2.63. The molecule has 6 heteroatoms. The molecule has 0 radical (unpaired) electrons. The molecule has 0 saturated carbocycles. The zero-order chi connectivity index (χ0) is 13.9. The number of nitrogens with two attached hydrogens (primary N) is 1. The zero-order valence-corrected chi connectivity index (χ0v) is 11.0. The van der Waals surface area contributed by atoms with E-state index in [0.717, 1.165) is 5.56 Å². The summed E-state index contributed by atoms with van der Waals surface area (Å²) in [7, 11) is 0. The van der Waals surface area contributed by atoms with Crippen LogP contribution in [0.3, 0.4) is 0 Å². The van der Waals surface area contributed by atoms with Crippen molar-refractivity contribution >= 4 is 23.2 Å². The van der Waals surface area contributed by atoms with E-state index >= 15 is 0 Å². The van der Waals surface area contributed by atoms with Crippen molar-refractivity contribution in [2.45, 2.75) is 26.1 Å². The van der Waals surface area contributed by atoms with Crippen molar-refractivity contribution in [3.63, 3.8) is 0 Å². The lowest BCUT2D eigenvalue weighted by molar-refractivity contribution is -0.119. The van der Waals surface area contributed by atoms with E-state index in [-0.39, 0.29) is 17.5 Å². The van der Waals surface area contributed by atoms with Crippen LogP contribution in [0.1, 0.15) is 24.2 Å². The molecule has 1 rings (SSSR count). The first-order valence-electron chi connectivity index (χ1n) is 5.49. The van der Waals surface area contributed by atoms with E-state index in [4.69, 9.17) is 17.3 Å². The minimum Gasteiger partial charge on any atom is -0.398 e. The number of amides is 1. The molecule has 0 saturated heterocycles. The first-order valence-corrected chi connectivity index (χ1v) is 5.86. The highest BCUT2D eigenvalue weighted by atomic mass is 35.5. The summed E-state index contributed by atoms with van der Waals surface area (Å²) in [5, 5.41) is 22.4. The summed E-state index contributed by atoms with van der Waals surface area (Å²) in [4.78, 5) is 10.7. The SMILES string of the molecule is CC(=O)NCC(O)C(O)c1cc(C)c(N)cc1Cl. The van der Waals surface area contributed by atoms with Gasteiger partial charge in [-0.2, -0.15) is 0 Å². The van der Waals surface area contributed by atoms with Gasteiger partial charge in [0, 0.05) is 29.7 Å². The molecule has 5 N–H and O–H groups in total.